The normalized spacial score (nSPS) is 32.2. The van der Waals surface area contributed by atoms with E-state index in [9.17, 15) is 0 Å². The van der Waals surface area contributed by atoms with Gasteiger partial charge in [-0.25, -0.2) is 0 Å². The van der Waals surface area contributed by atoms with E-state index in [1.165, 1.54) is 12.0 Å². The Morgan fingerprint density at radius 3 is 3.00 bits per heavy atom. The van der Waals surface area contributed by atoms with Gasteiger partial charge in [-0.15, -0.1) is 0 Å². The van der Waals surface area contributed by atoms with Gasteiger partial charge in [-0.2, -0.15) is 0 Å². The fourth-order valence-corrected chi connectivity index (χ4v) is 2.30. The second-order valence-electron chi connectivity index (χ2n) is 4.77. The average Bonchev–Trinajstić information content (AvgIpc) is 2.81. The predicted octanol–water partition coefficient (Wildman–Crippen LogP) is 2.16. The molecular weight excluding hydrogens is 186 g/mol. The van der Waals surface area contributed by atoms with E-state index in [-0.39, 0.29) is 0 Å². The summed E-state index contributed by atoms with van der Waals surface area (Å²) in [5.41, 5.74) is 1.37. The first-order chi connectivity index (χ1) is 7.34. The van der Waals surface area contributed by atoms with Crippen molar-refractivity contribution in [2.45, 2.75) is 25.3 Å². The summed E-state index contributed by atoms with van der Waals surface area (Å²) in [5, 5.41) is 3.61. The second kappa shape index (κ2) is 3.53. The van der Waals surface area contributed by atoms with Gasteiger partial charge >= 0.3 is 0 Å². The molecule has 0 spiro atoms. The molecule has 0 radical (unpaired) electrons. The smallest absolute Gasteiger partial charge is 0.122 e. The van der Waals surface area contributed by atoms with Gasteiger partial charge < -0.3 is 10.1 Å². The lowest BCUT2D eigenvalue weighted by molar-refractivity contribution is 0.326. The maximum Gasteiger partial charge on any atom is 0.122 e. The topological polar surface area (TPSA) is 21.3 Å². The minimum Gasteiger partial charge on any atom is -0.493 e. The Kier molecular flexibility index (Phi) is 2.17. The molecule has 1 aromatic carbocycles. The van der Waals surface area contributed by atoms with Crippen molar-refractivity contribution < 1.29 is 4.74 Å². The number of ether oxygens (including phenoxy) is 1. The molecule has 3 rings (SSSR count). The molecule has 0 saturated heterocycles. The van der Waals surface area contributed by atoms with Crippen LogP contribution in [0.5, 0.6) is 5.75 Å². The lowest BCUT2D eigenvalue weighted by atomic mass is 10.0. The molecule has 1 aliphatic carbocycles. The fraction of sp³-hybridized carbons (Fsp3) is 0.538. The molecule has 1 saturated carbocycles. The van der Waals surface area contributed by atoms with Crippen LogP contribution in [0, 0.1) is 5.92 Å². The fourth-order valence-electron chi connectivity index (χ4n) is 2.30. The van der Waals surface area contributed by atoms with Crippen LogP contribution in [0.2, 0.25) is 0 Å². The van der Waals surface area contributed by atoms with E-state index < -0.39 is 0 Å². The number of hydrogen-bond acceptors (Lipinski definition) is 2. The average molecular weight is 203 g/mol. The van der Waals surface area contributed by atoms with Crippen molar-refractivity contribution in [1.82, 2.24) is 5.32 Å². The quantitative estimate of drug-likeness (QED) is 0.812. The Hall–Kier alpha value is -1.02. The van der Waals surface area contributed by atoms with Gasteiger partial charge in [0, 0.05) is 24.1 Å². The molecule has 1 aromatic rings. The summed E-state index contributed by atoms with van der Waals surface area (Å²) in [6, 6.07) is 9.15. The molecule has 2 nitrogen and oxygen atoms in total. The molecule has 80 valence electrons. The Balaban J connectivity index is 1.64. The monoisotopic (exact) mass is 203 g/mol. The van der Waals surface area contributed by atoms with E-state index in [0.717, 1.165) is 30.9 Å². The van der Waals surface area contributed by atoms with Gasteiger partial charge in [0.2, 0.25) is 0 Å². The molecule has 0 amide bonds. The summed E-state index contributed by atoms with van der Waals surface area (Å²) in [4.78, 5) is 0. The largest absolute Gasteiger partial charge is 0.493 e. The molecule has 2 heteroatoms. The van der Waals surface area contributed by atoms with E-state index in [1.807, 2.05) is 6.07 Å². The van der Waals surface area contributed by atoms with Gasteiger partial charge in [-0.3, -0.25) is 0 Å². The van der Waals surface area contributed by atoms with Crippen molar-refractivity contribution in [2.75, 3.05) is 13.2 Å². The minimum atomic E-state index is 0.550. The van der Waals surface area contributed by atoms with Gasteiger partial charge in [0.05, 0.1) is 6.61 Å². The molecule has 1 aliphatic heterocycles. The maximum atomic E-state index is 5.65. The summed E-state index contributed by atoms with van der Waals surface area (Å²) in [6.07, 6.45) is 1.34. The van der Waals surface area contributed by atoms with Crippen molar-refractivity contribution in [3.05, 3.63) is 29.8 Å². The molecule has 3 atom stereocenters. The van der Waals surface area contributed by atoms with Crippen molar-refractivity contribution in [3.63, 3.8) is 0 Å². The SMILES string of the molecule is CC1CC1NCC1COc2ccccc21. The predicted molar refractivity (Wildman–Crippen MR) is 60.2 cm³/mol. The van der Waals surface area contributed by atoms with Crippen LogP contribution in [0.4, 0.5) is 0 Å². The third kappa shape index (κ3) is 1.74. The van der Waals surface area contributed by atoms with Crippen LogP contribution >= 0.6 is 0 Å². The van der Waals surface area contributed by atoms with Crippen molar-refractivity contribution >= 4 is 0 Å². The number of hydrogen-bond donors (Lipinski definition) is 1. The zero-order chi connectivity index (χ0) is 10.3. The molecule has 0 bridgehead atoms. The van der Waals surface area contributed by atoms with E-state index in [4.69, 9.17) is 4.74 Å². The Bertz CT molecular complexity index is 363. The van der Waals surface area contributed by atoms with Crippen LogP contribution in [0.15, 0.2) is 24.3 Å². The van der Waals surface area contributed by atoms with Crippen molar-refractivity contribution in [3.8, 4) is 5.75 Å². The summed E-state index contributed by atoms with van der Waals surface area (Å²) in [6.45, 7) is 4.20. The standard InChI is InChI=1S/C13H17NO/c1-9-6-12(9)14-7-10-8-15-13-5-3-2-4-11(10)13/h2-5,9-10,12,14H,6-8H2,1H3. The summed E-state index contributed by atoms with van der Waals surface area (Å²) >= 11 is 0. The van der Waals surface area contributed by atoms with E-state index in [2.05, 4.69) is 30.4 Å². The third-order valence-electron chi connectivity index (χ3n) is 3.53. The lowest BCUT2D eigenvalue weighted by Crippen LogP contribution is -2.25. The highest BCUT2D eigenvalue weighted by Crippen LogP contribution is 2.34. The molecule has 15 heavy (non-hydrogen) atoms. The Morgan fingerprint density at radius 1 is 1.40 bits per heavy atom. The second-order valence-corrected chi connectivity index (χ2v) is 4.77. The first kappa shape index (κ1) is 9.22. The van der Waals surface area contributed by atoms with Crippen LogP contribution in [-0.2, 0) is 0 Å². The van der Waals surface area contributed by atoms with Gasteiger partial charge in [0.25, 0.3) is 0 Å². The summed E-state index contributed by atoms with van der Waals surface area (Å²) in [5.74, 6) is 2.50. The van der Waals surface area contributed by atoms with E-state index >= 15 is 0 Å². The van der Waals surface area contributed by atoms with Crippen LogP contribution in [-0.4, -0.2) is 19.2 Å². The molecule has 3 unspecified atom stereocenters. The van der Waals surface area contributed by atoms with E-state index in [1.54, 1.807) is 0 Å². The molecular formula is C13H17NO. The number of para-hydroxylation sites is 1. The van der Waals surface area contributed by atoms with Crippen LogP contribution in [0.25, 0.3) is 0 Å². The van der Waals surface area contributed by atoms with Gasteiger partial charge in [-0.05, 0) is 18.4 Å². The molecule has 1 fully saturated rings. The highest BCUT2D eigenvalue weighted by Gasteiger charge is 2.33. The molecule has 1 N–H and O–H groups in total. The van der Waals surface area contributed by atoms with Crippen LogP contribution < -0.4 is 10.1 Å². The van der Waals surface area contributed by atoms with Crippen LogP contribution in [0.3, 0.4) is 0 Å². The first-order valence-electron chi connectivity index (χ1n) is 5.79. The Labute approximate surface area is 90.6 Å². The van der Waals surface area contributed by atoms with E-state index in [0.29, 0.717) is 5.92 Å². The summed E-state index contributed by atoms with van der Waals surface area (Å²) < 4.78 is 5.65. The lowest BCUT2D eigenvalue weighted by Gasteiger charge is -2.09. The molecule has 1 heterocycles. The number of rotatable bonds is 3. The number of fused-ring (bicyclic) bond motifs is 1. The minimum absolute atomic E-state index is 0.550. The van der Waals surface area contributed by atoms with Gasteiger partial charge in [-0.1, -0.05) is 25.1 Å². The highest BCUT2D eigenvalue weighted by molar-refractivity contribution is 5.39. The van der Waals surface area contributed by atoms with Crippen LogP contribution in [0.1, 0.15) is 24.8 Å². The Morgan fingerprint density at radius 2 is 2.20 bits per heavy atom. The molecule has 2 aliphatic rings. The number of benzene rings is 1. The van der Waals surface area contributed by atoms with Crippen molar-refractivity contribution in [1.29, 1.82) is 0 Å². The number of nitrogens with one attached hydrogen (secondary N) is 1. The third-order valence-corrected chi connectivity index (χ3v) is 3.53. The zero-order valence-corrected chi connectivity index (χ0v) is 9.07. The summed E-state index contributed by atoms with van der Waals surface area (Å²) in [7, 11) is 0. The van der Waals surface area contributed by atoms with Gasteiger partial charge in [0.1, 0.15) is 5.75 Å². The van der Waals surface area contributed by atoms with Crippen molar-refractivity contribution in [2.24, 2.45) is 5.92 Å². The maximum absolute atomic E-state index is 5.65. The highest BCUT2D eigenvalue weighted by atomic mass is 16.5. The zero-order valence-electron chi connectivity index (χ0n) is 9.07. The van der Waals surface area contributed by atoms with Gasteiger partial charge in [0.15, 0.2) is 0 Å². The first-order valence-corrected chi connectivity index (χ1v) is 5.79. The molecule has 0 aromatic heterocycles.